The lowest BCUT2D eigenvalue weighted by Crippen LogP contribution is -2.35. The van der Waals surface area contributed by atoms with Crippen LogP contribution >= 0.6 is 0 Å². The molecule has 2 aromatic rings. The van der Waals surface area contributed by atoms with Crippen molar-refractivity contribution in [1.29, 1.82) is 0 Å². The van der Waals surface area contributed by atoms with Crippen LogP contribution in [0.1, 0.15) is 24.5 Å². The van der Waals surface area contributed by atoms with Crippen LogP contribution in [0.4, 0.5) is 5.69 Å². The number of para-hydroxylation sites is 1. The Morgan fingerprint density at radius 3 is 2.48 bits per heavy atom. The van der Waals surface area contributed by atoms with Gasteiger partial charge in [-0.25, -0.2) is 0 Å². The lowest BCUT2D eigenvalue weighted by atomic mass is 10.1. The van der Waals surface area contributed by atoms with Crippen molar-refractivity contribution in [1.82, 2.24) is 0 Å². The van der Waals surface area contributed by atoms with Gasteiger partial charge in [0.05, 0.1) is 12.5 Å². The third-order valence-corrected chi connectivity index (χ3v) is 4.10. The maximum absolute atomic E-state index is 12.7. The maximum atomic E-state index is 12.7. The van der Waals surface area contributed by atoms with Crippen LogP contribution in [-0.2, 0) is 4.79 Å². The molecule has 0 aliphatic heterocycles. The first-order valence-corrected chi connectivity index (χ1v) is 8.05. The fourth-order valence-electron chi connectivity index (χ4n) is 2.47. The predicted octanol–water partition coefficient (Wildman–Crippen LogP) is 4.37. The van der Waals surface area contributed by atoms with Gasteiger partial charge in [0.25, 0.3) is 0 Å². The lowest BCUT2D eigenvalue weighted by molar-refractivity contribution is -0.123. The molecule has 0 saturated heterocycles. The first kappa shape index (κ1) is 17.1. The first-order chi connectivity index (χ1) is 11.0. The van der Waals surface area contributed by atoms with Gasteiger partial charge in [0, 0.05) is 12.7 Å². The standard InChI is InChI=1S/C20H25NO2/c1-5-17(14-23-19-13-15(2)11-12-16(19)3)20(22)21(4)18-9-7-6-8-10-18/h6-13,17H,5,14H2,1-4H3. The molecule has 3 nitrogen and oxygen atoms in total. The molecule has 23 heavy (non-hydrogen) atoms. The SMILES string of the molecule is CCC(COc1cc(C)ccc1C)C(=O)N(C)c1ccccc1. The van der Waals surface area contributed by atoms with E-state index in [1.807, 2.05) is 70.3 Å². The van der Waals surface area contributed by atoms with Crippen LogP contribution in [0.2, 0.25) is 0 Å². The molecule has 0 spiro atoms. The molecule has 1 atom stereocenters. The second kappa shape index (κ2) is 7.82. The van der Waals surface area contributed by atoms with Crippen molar-refractivity contribution in [2.75, 3.05) is 18.6 Å². The normalized spacial score (nSPS) is 11.8. The Kier molecular flexibility index (Phi) is 5.80. The zero-order chi connectivity index (χ0) is 16.8. The number of hydrogen-bond donors (Lipinski definition) is 0. The molecule has 0 N–H and O–H groups in total. The Labute approximate surface area is 138 Å². The molecule has 122 valence electrons. The van der Waals surface area contributed by atoms with Gasteiger partial charge in [-0.3, -0.25) is 4.79 Å². The van der Waals surface area contributed by atoms with Gasteiger partial charge < -0.3 is 9.64 Å². The zero-order valence-electron chi connectivity index (χ0n) is 14.4. The van der Waals surface area contributed by atoms with Crippen LogP contribution in [0.3, 0.4) is 0 Å². The number of aryl methyl sites for hydroxylation is 2. The van der Waals surface area contributed by atoms with E-state index in [-0.39, 0.29) is 11.8 Å². The zero-order valence-corrected chi connectivity index (χ0v) is 14.4. The van der Waals surface area contributed by atoms with E-state index in [9.17, 15) is 4.79 Å². The van der Waals surface area contributed by atoms with Crippen LogP contribution in [0, 0.1) is 19.8 Å². The summed E-state index contributed by atoms with van der Waals surface area (Å²) in [6.07, 6.45) is 0.751. The van der Waals surface area contributed by atoms with Crippen molar-refractivity contribution in [3.63, 3.8) is 0 Å². The van der Waals surface area contributed by atoms with E-state index in [4.69, 9.17) is 4.74 Å². The number of ether oxygens (including phenoxy) is 1. The molecular weight excluding hydrogens is 286 g/mol. The molecule has 3 heteroatoms. The quantitative estimate of drug-likeness (QED) is 0.792. The van der Waals surface area contributed by atoms with E-state index in [1.165, 1.54) is 0 Å². The second-order valence-electron chi connectivity index (χ2n) is 5.92. The second-order valence-corrected chi connectivity index (χ2v) is 5.92. The smallest absolute Gasteiger partial charge is 0.233 e. The predicted molar refractivity (Wildman–Crippen MR) is 95.0 cm³/mol. The highest BCUT2D eigenvalue weighted by atomic mass is 16.5. The summed E-state index contributed by atoms with van der Waals surface area (Å²) in [6.45, 7) is 6.48. The van der Waals surface area contributed by atoms with Crippen LogP contribution in [0.25, 0.3) is 0 Å². The summed E-state index contributed by atoms with van der Waals surface area (Å²) in [4.78, 5) is 14.4. The van der Waals surface area contributed by atoms with Gasteiger partial charge in [-0.2, -0.15) is 0 Å². The highest BCUT2D eigenvalue weighted by molar-refractivity contribution is 5.94. The van der Waals surface area contributed by atoms with Gasteiger partial charge in [0.1, 0.15) is 5.75 Å². The summed E-state index contributed by atoms with van der Waals surface area (Å²) >= 11 is 0. The number of amides is 1. The summed E-state index contributed by atoms with van der Waals surface area (Å²) in [5, 5.41) is 0. The largest absolute Gasteiger partial charge is 0.492 e. The topological polar surface area (TPSA) is 29.5 Å². The average molecular weight is 311 g/mol. The van der Waals surface area contributed by atoms with Crippen molar-refractivity contribution in [3.05, 3.63) is 59.7 Å². The number of carbonyl (C=O) groups is 1. The molecule has 0 aromatic heterocycles. The molecule has 0 aliphatic carbocycles. The Hall–Kier alpha value is -2.29. The van der Waals surface area contributed by atoms with Gasteiger partial charge in [-0.15, -0.1) is 0 Å². The summed E-state index contributed by atoms with van der Waals surface area (Å²) in [7, 11) is 1.82. The average Bonchev–Trinajstić information content (AvgIpc) is 2.58. The third-order valence-electron chi connectivity index (χ3n) is 4.10. The summed E-state index contributed by atoms with van der Waals surface area (Å²) in [6, 6.07) is 15.8. The molecule has 2 rings (SSSR count). The fourth-order valence-corrected chi connectivity index (χ4v) is 2.47. The molecular formula is C20H25NO2. The number of anilines is 1. The third kappa shape index (κ3) is 4.35. The number of carbonyl (C=O) groups excluding carboxylic acids is 1. The summed E-state index contributed by atoms with van der Waals surface area (Å²) in [5.41, 5.74) is 3.16. The van der Waals surface area contributed by atoms with Crippen LogP contribution in [0.15, 0.2) is 48.5 Å². The monoisotopic (exact) mass is 311 g/mol. The number of benzene rings is 2. The van der Waals surface area contributed by atoms with Gasteiger partial charge in [0.2, 0.25) is 5.91 Å². The highest BCUT2D eigenvalue weighted by Gasteiger charge is 2.22. The Balaban J connectivity index is 2.04. The molecule has 2 aromatic carbocycles. The van der Waals surface area contributed by atoms with Crippen molar-refractivity contribution in [2.45, 2.75) is 27.2 Å². The highest BCUT2D eigenvalue weighted by Crippen LogP contribution is 2.22. The molecule has 1 amide bonds. The molecule has 0 fully saturated rings. The Morgan fingerprint density at radius 2 is 1.83 bits per heavy atom. The number of rotatable bonds is 6. The van der Waals surface area contributed by atoms with E-state index >= 15 is 0 Å². The van der Waals surface area contributed by atoms with Crippen LogP contribution < -0.4 is 9.64 Å². The van der Waals surface area contributed by atoms with Gasteiger partial charge in [0.15, 0.2) is 0 Å². The molecule has 0 saturated carbocycles. The Morgan fingerprint density at radius 1 is 1.13 bits per heavy atom. The molecule has 0 radical (unpaired) electrons. The molecule has 0 aliphatic rings. The van der Waals surface area contributed by atoms with E-state index in [0.717, 1.165) is 29.0 Å². The minimum Gasteiger partial charge on any atom is -0.492 e. The van der Waals surface area contributed by atoms with Gasteiger partial charge in [-0.05, 0) is 49.6 Å². The van der Waals surface area contributed by atoms with Crippen molar-refractivity contribution >= 4 is 11.6 Å². The van der Waals surface area contributed by atoms with Crippen LogP contribution in [0.5, 0.6) is 5.75 Å². The van der Waals surface area contributed by atoms with E-state index in [1.54, 1.807) is 4.90 Å². The molecule has 1 unspecified atom stereocenters. The van der Waals surface area contributed by atoms with Crippen LogP contribution in [-0.4, -0.2) is 19.6 Å². The summed E-state index contributed by atoms with van der Waals surface area (Å²) in [5.74, 6) is 0.794. The van der Waals surface area contributed by atoms with Gasteiger partial charge in [-0.1, -0.05) is 37.3 Å². The van der Waals surface area contributed by atoms with E-state index < -0.39 is 0 Å². The molecule has 0 heterocycles. The van der Waals surface area contributed by atoms with E-state index in [2.05, 4.69) is 6.07 Å². The number of nitrogens with zero attached hydrogens (tertiary/aromatic N) is 1. The number of hydrogen-bond acceptors (Lipinski definition) is 2. The minimum absolute atomic E-state index is 0.0870. The van der Waals surface area contributed by atoms with Crippen molar-refractivity contribution in [2.24, 2.45) is 5.92 Å². The van der Waals surface area contributed by atoms with Crippen molar-refractivity contribution < 1.29 is 9.53 Å². The molecule has 0 bridgehead atoms. The van der Waals surface area contributed by atoms with Crippen molar-refractivity contribution in [3.8, 4) is 5.75 Å². The fraction of sp³-hybridized carbons (Fsp3) is 0.350. The maximum Gasteiger partial charge on any atom is 0.233 e. The van der Waals surface area contributed by atoms with Gasteiger partial charge >= 0.3 is 0 Å². The summed E-state index contributed by atoms with van der Waals surface area (Å²) < 4.78 is 5.93. The minimum atomic E-state index is -0.153. The Bertz CT molecular complexity index is 652. The van der Waals surface area contributed by atoms with E-state index in [0.29, 0.717) is 6.61 Å². The lowest BCUT2D eigenvalue weighted by Gasteiger charge is -2.23. The first-order valence-electron chi connectivity index (χ1n) is 8.05.